The Hall–Kier alpha value is -4.92. The highest BCUT2D eigenvalue weighted by Crippen LogP contribution is 2.34. The van der Waals surface area contributed by atoms with Crippen LogP contribution in [0, 0.1) is 5.82 Å². The van der Waals surface area contributed by atoms with Gasteiger partial charge in [0, 0.05) is 29.5 Å². The minimum atomic E-state index is -0.796. The van der Waals surface area contributed by atoms with E-state index in [0.29, 0.717) is 27.8 Å². The molecule has 0 aliphatic carbocycles. The van der Waals surface area contributed by atoms with Crippen molar-refractivity contribution in [3.05, 3.63) is 84.0 Å². The lowest BCUT2D eigenvalue weighted by Gasteiger charge is -2.20. The molecule has 40 heavy (non-hydrogen) atoms. The van der Waals surface area contributed by atoms with Crippen LogP contribution in [0.4, 0.5) is 10.1 Å². The smallest absolute Gasteiger partial charge is 0.338 e. The average Bonchev–Trinajstić information content (AvgIpc) is 3.52. The number of fused-ring (bicyclic) bond motifs is 2. The number of benzene rings is 3. The number of esters is 1. The molecular formula is C31H27FN2O6. The molecule has 2 aromatic heterocycles. The SMILES string of the molecule is COc1ccc2c(c1)c(C(=O)Nc1cc(C(=O)OC(C)(C)C)cc(-c3ccc4ccoc4c3)c1F)cn2C(C)=O. The molecule has 0 saturated carbocycles. The molecule has 0 aliphatic rings. The average molecular weight is 543 g/mol. The number of methoxy groups -OCH3 is 1. The summed E-state index contributed by atoms with van der Waals surface area (Å²) >= 11 is 0. The van der Waals surface area contributed by atoms with Crippen molar-refractivity contribution in [3.8, 4) is 16.9 Å². The summed E-state index contributed by atoms with van der Waals surface area (Å²) in [5.74, 6) is -1.92. The van der Waals surface area contributed by atoms with Crippen molar-refractivity contribution in [3.63, 3.8) is 0 Å². The van der Waals surface area contributed by atoms with E-state index < -0.39 is 23.3 Å². The van der Waals surface area contributed by atoms with Gasteiger partial charge in [0.05, 0.1) is 35.7 Å². The van der Waals surface area contributed by atoms with E-state index in [4.69, 9.17) is 13.9 Å². The normalized spacial score (nSPS) is 11.6. The van der Waals surface area contributed by atoms with E-state index in [0.717, 1.165) is 5.39 Å². The number of anilines is 1. The van der Waals surface area contributed by atoms with E-state index in [9.17, 15) is 14.4 Å². The molecule has 0 aliphatic heterocycles. The number of amides is 1. The van der Waals surface area contributed by atoms with Gasteiger partial charge in [-0.15, -0.1) is 0 Å². The first-order valence-corrected chi connectivity index (χ1v) is 12.5. The predicted molar refractivity (Wildman–Crippen MR) is 150 cm³/mol. The van der Waals surface area contributed by atoms with Crippen LogP contribution in [0.2, 0.25) is 0 Å². The molecule has 0 atom stereocenters. The van der Waals surface area contributed by atoms with Crippen molar-refractivity contribution in [2.24, 2.45) is 0 Å². The van der Waals surface area contributed by atoms with Gasteiger partial charge in [-0.2, -0.15) is 0 Å². The second-order valence-electron chi connectivity index (χ2n) is 10.3. The number of rotatable bonds is 5. The Bertz CT molecular complexity index is 1810. The standard InChI is InChI=1S/C31H27FN2O6/c1-17(35)34-16-24(23-15-21(38-5)8-9-26(23)34)29(36)33-25-13-20(30(37)40-31(2,3)4)12-22(28(25)32)19-7-6-18-10-11-39-27(18)14-19/h6-16H,1-5H3,(H,33,36). The van der Waals surface area contributed by atoms with E-state index in [-0.39, 0.29) is 28.3 Å². The number of aromatic nitrogens is 1. The number of nitrogens with zero attached hydrogens (tertiary/aromatic N) is 1. The summed E-state index contributed by atoms with van der Waals surface area (Å²) in [7, 11) is 1.49. The third kappa shape index (κ3) is 5.05. The Kier molecular flexibility index (Phi) is 6.67. The van der Waals surface area contributed by atoms with Gasteiger partial charge in [-0.1, -0.05) is 12.1 Å². The van der Waals surface area contributed by atoms with Crippen LogP contribution in [0.25, 0.3) is 33.0 Å². The zero-order chi connectivity index (χ0) is 28.8. The molecule has 0 radical (unpaired) electrons. The minimum Gasteiger partial charge on any atom is -0.497 e. The fourth-order valence-electron chi connectivity index (χ4n) is 4.47. The van der Waals surface area contributed by atoms with Gasteiger partial charge in [-0.3, -0.25) is 14.2 Å². The number of hydrogen-bond acceptors (Lipinski definition) is 6. The van der Waals surface area contributed by atoms with Crippen molar-refractivity contribution < 1.29 is 32.7 Å². The van der Waals surface area contributed by atoms with Crippen LogP contribution in [0.1, 0.15) is 53.2 Å². The molecule has 0 unspecified atom stereocenters. The highest BCUT2D eigenvalue weighted by atomic mass is 19.1. The second kappa shape index (κ2) is 10.00. The fraction of sp³-hybridized carbons (Fsp3) is 0.194. The number of nitrogens with one attached hydrogen (secondary N) is 1. The maximum absolute atomic E-state index is 16.0. The predicted octanol–water partition coefficient (Wildman–Crippen LogP) is 7.07. The summed E-state index contributed by atoms with van der Waals surface area (Å²) in [4.78, 5) is 38.8. The molecule has 9 heteroatoms. The van der Waals surface area contributed by atoms with Crippen LogP contribution in [0.3, 0.4) is 0 Å². The van der Waals surface area contributed by atoms with Gasteiger partial charge in [-0.05, 0) is 68.8 Å². The lowest BCUT2D eigenvalue weighted by molar-refractivity contribution is 0.00693. The summed E-state index contributed by atoms with van der Waals surface area (Å²) in [5, 5.41) is 3.87. The Morgan fingerprint density at radius 3 is 2.48 bits per heavy atom. The summed E-state index contributed by atoms with van der Waals surface area (Å²) < 4.78 is 33.7. The van der Waals surface area contributed by atoms with Gasteiger partial charge >= 0.3 is 5.97 Å². The van der Waals surface area contributed by atoms with Gasteiger partial charge < -0.3 is 19.2 Å². The molecule has 0 spiro atoms. The Morgan fingerprint density at radius 2 is 1.77 bits per heavy atom. The first-order chi connectivity index (χ1) is 18.9. The van der Waals surface area contributed by atoms with Gasteiger partial charge in [0.1, 0.15) is 16.9 Å². The first-order valence-electron chi connectivity index (χ1n) is 12.5. The lowest BCUT2D eigenvalue weighted by Crippen LogP contribution is -2.24. The van der Waals surface area contributed by atoms with E-state index in [1.807, 2.05) is 0 Å². The molecule has 1 amide bonds. The van der Waals surface area contributed by atoms with E-state index in [2.05, 4.69) is 5.32 Å². The minimum absolute atomic E-state index is 0.0500. The van der Waals surface area contributed by atoms with Crippen molar-refractivity contribution in [1.82, 2.24) is 4.57 Å². The van der Waals surface area contributed by atoms with Crippen LogP contribution < -0.4 is 10.1 Å². The topological polar surface area (TPSA) is 99.8 Å². The molecule has 0 fully saturated rings. The van der Waals surface area contributed by atoms with Crippen molar-refractivity contribution in [2.45, 2.75) is 33.3 Å². The summed E-state index contributed by atoms with van der Waals surface area (Å²) in [6, 6.07) is 14.5. The molecule has 3 aromatic carbocycles. The summed E-state index contributed by atoms with van der Waals surface area (Å²) in [6.07, 6.45) is 2.92. The number of hydrogen-bond donors (Lipinski definition) is 1. The molecule has 0 saturated heterocycles. The molecule has 1 N–H and O–H groups in total. The second-order valence-corrected chi connectivity index (χ2v) is 10.3. The Balaban J connectivity index is 1.62. The fourth-order valence-corrected chi connectivity index (χ4v) is 4.47. The quantitative estimate of drug-likeness (QED) is 0.239. The van der Waals surface area contributed by atoms with E-state index >= 15 is 4.39 Å². The molecule has 5 aromatic rings. The Labute approximate surface area is 229 Å². The highest BCUT2D eigenvalue weighted by molar-refractivity contribution is 6.15. The van der Waals surface area contributed by atoms with Gasteiger partial charge in [0.2, 0.25) is 5.91 Å². The van der Waals surface area contributed by atoms with Crippen LogP contribution in [0.5, 0.6) is 5.75 Å². The monoisotopic (exact) mass is 542 g/mol. The number of furan rings is 1. The van der Waals surface area contributed by atoms with Crippen molar-refractivity contribution in [1.29, 1.82) is 0 Å². The van der Waals surface area contributed by atoms with E-state index in [1.54, 1.807) is 63.2 Å². The first kappa shape index (κ1) is 26.7. The van der Waals surface area contributed by atoms with Crippen LogP contribution in [-0.4, -0.2) is 35.1 Å². The number of ether oxygens (including phenoxy) is 2. The largest absolute Gasteiger partial charge is 0.497 e. The summed E-state index contributed by atoms with van der Waals surface area (Å²) in [6.45, 7) is 6.54. The third-order valence-electron chi connectivity index (χ3n) is 6.32. The maximum Gasteiger partial charge on any atom is 0.338 e. The number of carbonyl (C=O) groups is 3. The zero-order valence-corrected chi connectivity index (χ0v) is 22.6. The third-order valence-corrected chi connectivity index (χ3v) is 6.32. The maximum atomic E-state index is 16.0. The van der Waals surface area contributed by atoms with Crippen LogP contribution >= 0.6 is 0 Å². The van der Waals surface area contributed by atoms with Crippen LogP contribution in [0.15, 0.2) is 71.5 Å². The molecule has 5 rings (SSSR count). The van der Waals surface area contributed by atoms with E-state index in [1.165, 1.54) is 43.2 Å². The highest BCUT2D eigenvalue weighted by Gasteiger charge is 2.24. The van der Waals surface area contributed by atoms with Gasteiger partial charge in [0.15, 0.2) is 5.82 Å². The van der Waals surface area contributed by atoms with Crippen molar-refractivity contribution in [2.75, 3.05) is 12.4 Å². The molecule has 2 heterocycles. The molecule has 204 valence electrons. The van der Waals surface area contributed by atoms with Crippen molar-refractivity contribution >= 4 is 45.3 Å². The molecule has 0 bridgehead atoms. The van der Waals surface area contributed by atoms with Gasteiger partial charge in [-0.25, -0.2) is 9.18 Å². The number of halogens is 1. The van der Waals surface area contributed by atoms with Crippen LogP contribution in [-0.2, 0) is 4.74 Å². The summed E-state index contributed by atoms with van der Waals surface area (Å²) in [5.41, 5.74) is 0.706. The zero-order valence-electron chi connectivity index (χ0n) is 22.6. The lowest BCUT2D eigenvalue weighted by atomic mass is 9.99. The Morgan fingerprint density at radius 1 is 1.00 bits per heavy atom. The molecule has 8 nitrogen and oxygen atoms in total. The van der Waals surface area contributed by atoms with Gasteiger partial charge in [0.25, 0.3) is 5.91 Å². The number of carbonyl (C=O) groups excluding carboxylic acids is 3. The molecular weight excluding hydrogens is 515 g/mol.